The number of benzene rings is 3. The molecular weight excluding hydrogens is 436 g/mol. The molecule has 0 spiro atoms. The molecule has 34 heavy (non-hydrogen) atoms. The van der Waals surface area contributed by atoms with Crippen molar-refractivity contribution in [2.24, 2.45) is 0 Å². The van der Waals surface area contributed by atoms with Crippen LogP contribution in [0.4, 0.5) is 0 Å². The minimum absolute atomic E-state index is 0.0499. The molecule has 0 saturated heterocycles. The standard InChI is InChI=1S/C27H30O7/c28-12-6-14-31-24-16-21(17-25(18-24)32-15-7-13-29)19-33-26-11-5-4-10-23(26)20-34-27(30)22-8-2-1-3-9-22/h1-5,8-11,16-18,28-29H,6-7,12-15,19-20H2. The highest BCUT2D eigenvalue weighted by Crippen LogP contribution is 2.26. The molecule has 180 valence electrons. The van der Waals surface area contributed by atoms with Crippen LogP contribution in [0.1, 0.15) is 34.3 Å². The third-order valence-corrected chi connectivity index (χ3v) is 4.82. The highest BCUT2D eigenvalue weighted by molar-refractivity contribution is 5.89. The number of carbonyl (C=O) groups is 1. The maximum atomic E-state index is 12.3. The van der Waals surface area contributed by atoms with Crippen LogP contribution in [0.25, 0.3) is 0 Å². The lowest BCUT2D eigenvalue weighted by Gasteiger charge is -2.15. The van der Waals surface area contributed by atoms with E-state index in [4.69, 9.17) is 29.2 Å². The number of aliphatic hydroxyl groups is 2. The highest BCUT2D eigenvalue weighted by atomic mass is 16.5. The summed E-state index contributed by atoms with van der Waals surface area (Å²) in [4.78, 5) is 12.3. The van der Waals surface area contributed by atoms with Crippen LogP contribution in [0.3, 0.4) is 0 Å². The minimum atomic E-state index is -0.396. The van der Waals surface area contributed by atoms with E-state index < -0.39 is 5.97 Å². The first kappa shape index (κ1) is 25.1. The first-order chi connectivity index (χ1) is 16.7. The summed E-state index contributed by atoms with van der Waals surface area (Å²) >= 11 is 0. The Morgan fingerprint density at radius 1 is 0.706 bits per heavy atom. The zero-order chi connectivity index (χ0) is 24.0. The van der Waals surface area contributed by atoms with Crippen LogP contribution in [-0.2, 0) is 18.0 Å². The summed E-state index contributed by atoms with van der Waals surface area (Å²) in [7, 11) is 0. The van der Waals surface area contributed by atoms with Crippen molar-refractivity contribution in [2.45, 2.75) is 26.1 Å². The van der Waals surface area contributed by atoms with Gasteiger partial charge in [0.25, 0.3) is 0 Å². The topological polar surface area (TPSA) is 94.5 Å². The van der Waals surface area contributed by atoms with Crippen LogP contribution in [-0.4, -0.2) is 42.6 Å². The lowest BCUT2D eigenvalue weighted by molar-refractivity contribution is 0.0469. The number of carbonyl (C=O) groups excluding carboxylic acids is 1. The van der Waals surface area contributed by atoms with Gasteiger partial charge in [0.15, 0.2) is 0 Å². The zero-order valence-corrected chi connectivity index (χ0v) is 19.0. The van der Waals surface area contributed by atoms with Gasteiger partial charge in [-0.05, 0) is 35.9 Å². The van der Waals surface area contributed by atoms with Crippen molar-refractivity contribution in [3.05, 3.63) is 89.5 Å². The average molecular weight is 467 g/mol. The smallest absolute Gasteiger partial charge is 0.338 e. The van der Waals surface area contributed by atoms with Crippen molar-refractivity contribution in [3.63, 3.8) is 0 Å². The molecule has 0 radical (unpaired) electrons. The summed E-state index contributed by atoms with van der Waals surface area (Å²) in [6, 6.07) is 21.7. The predicted octanol–water partition coefficient (Wildman–Crippen LogP) is 4.15. The number of esters is 1. The van der Waals surface area contributed by atoms with Crippen LogP contribution in [0.5, 0.6) is 17.2 Å². The summed E-state index contributed by atoms with van der Waals surface area (Å²) in [6.45, 7) is 1.20. The molecule has 0 aliphatic heterocycles. The Bertz CT molecular complexity index is 992. The second-order valence-corrected chi connectivity index (χ2v) is 7.50. The number of hydrogen-bond donors (Lipinski definition) is 2. The monoisotopic (exact) mass is 466 g/mol. The summed E-state index contributed by atoms with van der Waals surface area (Å²) in [5.41, 5.74) is 2.07. The maximum Gasteiger partial charge on any atom is 0.338 e. The lowest BCUT2D eigenvalue weighted by atomic mass is 10.2. The van der Waals surface area contributed by atoms with Gasteiger partial charge in [-0.2, -0.15) is 0 Å². The van der Waals surface area contributed by atoms with Gasteiger partial charge in [0.1, 0.15) is 30.5 Å². The number of rotatable bonds is 14. The molecule has 3 aromatic carbocycles. The molecule has 0 bridgehead atoms. The van der Waals surface area contributed by atoms with Gasteiger partial charge < -0.3 is 29.2 Å². The fraction of sp³-hybridized carbons (Fsp3) is 0.296. The highest BCUT2D eigenvalue weighted by Gasteiger charge is 2.11. The quantitative estimate of drug-likeness (QED) is 0.272. The van der Waals surface area contributed by atoms with Crippen LogP contribution in [0.2, 0.25) is 0 Å². The van der Waals surface area contributed by atoms with E-state index in [1.807, 2.05) is 42.5 Å². The van der Waals surface area contributed by atoms with E-state index in [2.05, 4.69) is 0 Å². The number of para-hydroxylation sites is 1. The van der Waals surface area contributed by atoms with Gasteiger partial charge in [-0.15, -0.1) is 0 Å². The van der Waals surface area contributed by atoms with Gasteiger partial charge in [-0.25, -0.2) is 4.79 Å². The number of aliphatic hydroxyl groups excluding tert-OH is 2. The Balaban J connectivity index is 1.65. The number of ether oxygens (including phenoxy) is 4. The second-order valence-electron chi connectivity index (χ2n) is 7.50. The van der Waals surface area contributed by atoms with Gasteiger partial charge in [-0.3, -0.25) is 0 Å². The maximum absolute atomic E-state index is 12.3. The fourth-order valence-corrected chi connectivity index (χ4v) is 3.12. The molecule has 0 amide bonds. The first-order valence-electron chi connectivity index (χ1n) is 11.2. The molecule has 0 fully saturated rings. The summed E-state index contributed by atoms with van der Waals surface area (Å²) in [6.07, 6.45) is 1.05. The third kappa shape index (κ3) is 8.10. The van der Waals surface area contributed by atoms with Crippen molar-refractivity contribution in [3.8, 4) is 17.2 Å². The molecule has 2 N–H and O–H groups in total. The molecule has 0 heterocycles. The van der Waals surface area contributed by atoms with Gasteiger partial charge in [-0.1, -0.05) is 36.4 Å². The van der Waals surface area contributed by atoms with Crippen LogP contribution in [0, 0.1) is 0 Å². The van der Waals surface area contributed by atoms with E-state index in [9.17, 15) is 4.79 Å². The van der Waals surface area contributed by atoms with Gasteiger partial charge >= 0.3 is 5.97 Å². The molecule has 3 rings (SSSR count). The van der Waals surface area contributed by atoms with E-state index in [0.29, 0.717) is 48.9 Å². The van der Waals surface area contributed by atoms with Crippen LogP contribution in [0.15, 0.2) is 72.8 Å². The van der Waals surface area contributed by atoms with Crippen molar-refractivity contribution in [1.82, 2.24) is 0 Å². The van der Waals surface area contributed by atoms with Gasteiger partial charge in [0.2, 0.25) is 0 Å². The summed E-state index contributed by atoms with van der Waals surface area (Å²) in [5.74, 6) is 1.43. The Morgan fingerprint density at radius 3 is 1.97 bits per heavy atom. The average Bonchev–Trinajstić information content (AvgIpc) is 2.87. The SMILES string of the molecule is O=C(OCc1ccccc1OCc1cc(OCCCO)cc(OCCCO)c1)c1ccccc1. The Kier molecular flexibility index (Phi) is 10.2. The molecule has 0 aromatic heterocycles. The summed E-state index contributed by atoms with van der Waals surface area (Å²) in [5, 5.41) is 18.0. The van der Waals surface area contributed by atoms with Crippen LogP contribution >= 0.6 is 0 Å². The molecular formula is C27H30O7. The molecule has 7 nitrogen and oxygen atoms in total. The second kappa shape index (κ2) is 13.9. The molecule has 0 atom stereocenters. The van der Waals surface area contributed by atoms with E-state index >= 15 is 0 Å². The molecule has 0 aliphatic rings. The molecule has 0 unspecified atom stereocenters. The minimum Gasteiger partial charge on any atom is -0.493 e. The fourth-order valence-electron chi connectivity index (χ4n) is 3.12. The van der Waals surface area contributed by atoms with Crippen molar-refractivity contribution in [1.29, 1.82) is 0 Å². The number of hydrogen-bond acceptors (Lipinski definition) is 7. The van der Waals surface area contributed by atoms with E-state index in [0.717, 1.165) is 11.1 Å². The van der Waals surface area contributed by atoms with E-state index in [1.54, 1.807) is 30.3 Å². The molecule has 0 saturated carbocycles. The molecule has 3 aromatic rings. The van der Waals surface area contributed by atoms with Gasteiger partial charge in [0.05, 0.1) is 18.8 Å². The van der Waals surface area contributed by atoms with Gasteiger partial charge in [0, 0.05) is 37.7 Å². The van der Waals surface area contributed by atoms with Crippen LogP contribution < -0.4 is 14.2 Å². The normalized spacial score (nSPS) is 10.5. The summed E-state index contributed by atoms with van der Waals surface area (Å²) < 4.78 is 22.9. The Labute approximate surface area is 199 Å². The van der Waals surface area contributed by atoms with E-state index in [-0.39, 0.29) is 26.4 Å². The Hall–Kier alpha value is -3.55. The third-order valence-electron chi connectivity index (χ3n) is 4.82. The zero-order valence-electron chi connectivity index (χ0n) is 19.0. The van der Waals surface area contributed by atoms with Crippen molar-refractivity contribution >= 4 is 5.97 Å². The Morgan fingerprint density at radius 2 is 1.32 bits per heavy atom. The van der Waals surface area contributed by atoms with Crippen molar-refractivity contribution < 1.29 is 34.0 Å². The first-order valence-corrected chi connectivity index (χ1v) is 11.2. The largest absolute Gasteiger partial charge is 0.493 e. The predicted molar refractivity (Wildman–Crippen MR) is 127 cm³/mol. The molecule has 7 heteroatoms. The van der Waals surface area contributed by atoms with Crippen molar-refractivity contribution in [2.75, 3.05) is 26.4 Å². The lowest BCUT2D eigenvalue weighted by Crippen LogP contribution is -2.07. The molecule has 0 aliphatic carbocycles. The van der Waals surface area contributed by atoms with E-state index in [1.165, 1.54) is 0 Å².